The molecule has 0 aliphatic carbocycles. The maximum Gasteiger partial charge on any atom is 0.343 e. The number of aliphatic hydroxyl groups is 1. The van der Waals surface area contributed by atoms with Gasteiger partial charge >= 0.3 is 5.63 Å². The molecular weight excluding hydrogens is 364 g/mol. The van der Waals surface area contributed by atoms with Crippen LogP contribution in [-0.4, -0.2) is 24.8 Å². The summed E-state index contributed by atoms with van der Waals surface area (Å²) in [5.74, 6) is 0. The molecule has 1 N–H and O–H groups in total. The number of aliphatic hydroxyl groups excluding tert-OH is 1. The molecular formula is C24H31N2O3+. The molecule has 0 saturated carbocycles. The molecule has 0 radical (unpaired) electrons. The number of pyridine rings is 1. The molecule has 1 aromatic carbocycles. The zero-order chi connectivity index (χ0) is 21.2. The number of fused-ring (bicyclic) bond motifs is 1. The Morgan fingerprint density at radius 3 is 2.34 bits per heavy atom. The van der Waals surface area contributed by atoms with E-state index in [-0.39, 0.29) is 12.2 Å². The minimum absolute atomic E-state index is 0.105. The normalized spacial score (nSPS) is 10.8. The van der Waals surface area contributed by atoms with Crippen LogP contribution < -0.4 is 15.1 Å². The fourth-order valence-electron chi connectivity index (χ4n) is 3.05. The minimum Gasteiger partial charge on any atom is -0.422 e. The van der Waals surface area contributed by atoms with Gasteiger partial charge in [0.15, 0.2) is 18.9 Å². The van der Waals surface area contributed by atoms with Crippen LogP contribution in [0.25, 0.3) is 23.1 Å². The van der Waals surface area contributed by atoms with Crippen LogP contribution in [-0.2, 0) is 6.54 Å². The molecule has 0 saturated heterocycles. The van der Waals surface area contributed by atoms with Gasteiger partial charge < -0.3 is 14.4 Å². The SMILES string of the molecule is CC.CCN(CC)c1ccc2cc(/C=C/c3cc[n+](CCO)cc3)c(=O)oc2c1. The van der Waals surface area contributed by atoms with Crippen molar-refractivity contribution < 1.29 is 14.1 Å². The van der Waals surface area contributed by atoms with E-state index in [1.165, 1.54) is 0 Å². The molecule has 0 bridgehead atoms. The fourth-order valence-corrected chi connectivity index (χ4v) is 3.05. The van der Waals surface area contributed by atoms with Crippen LogP contribution in [0.4, 0.5) is 5.69 Å². The Bertz CT molecular complexity index is 987. The van der Waals surface area contributed by atoms with Crippen molar-refractivity contribution in [2.75, 3.05) is 24.6 Å². The summed E-state index contributed by atoms with van der Waals surface area (Å²) in [6.45, 7) is 10.7. The number of nitrogens with zero attached hydrogens (tertiary/aromatic N) is 2. The number of aromatic nitrogens is 1. The van der Waals surface area contributed by atoms with Crippen LogP contribution in [0.1, 0.15) is 38.8 Å². The quantitative estimate of drug-likeness (QED) is 0.483. The third-order valence-electron chi connectivity index (χ3n) is 4.61. The topological polar surface area (TPSA) is 57.6 Å². The highest BCUT2D eigenvalue weighted by Crippen LogP contribution is 2.22. The average Bonchev–Trinajstić information content (AvgIpc) is 2.76. The molecule has 0 aliphatic rings. The Hall–Kier alpha value is -2.92. The maximum absolute atomic E-state index is 12.4. The zero-order valence-electron chi connectivity index (χ0n) is 17.8. The molecule has 29 heavy (non-hydrogen) atoms. The minimum atomic E-state index is -0.346. The fraction of sp³-hybridized carbons (Fsp3) is 0.333. The van der Waals surface area contributed by atoms with E-state index in [4.69, 9.17) is 9.52 Å². The van der Waals surface area contributed by atoms with Gasteiger partial charge in [0.1, 0.15) is 12.2 Å². The Labute approximate surface area is 172 Å². The molecule has 0 amide bonds. The summed E-state index contributed by atoms with van der Waals surface area (Å²) in [4.78, 5) is 14.6. The van der Waals surface area contributed by atoms with Gasteiger partial charge in [-0.25, -0.2) is 9.36 Å². The smallest absolute Gasteiger partial charge is 0.343 e. The molecule has 5 heteroatoms. The van der Waals surface area contributed by atoms with Crippen LogP contribution in [0.5, 0.6) is 0 Å². The predicted molar refractivity (Wildman–Crippen MR) is 120 cm³/mol. The van der Waals surface area contributed by atoms with Crippen molar-refractivity contribution in [3.63, 3.8) is 0 Å². The van der Waals surface area contributed by atoms with Crippen molar-refractivity contribution in [2.24, 2.45) is 0 Å². The Balaban J connectivity index is 0.00000145. The summed E-state index contributed by atoms with van der Waals surface area (Å²) >= 11 is 0. The lowest BCUT2D eigenvalue weighted by Gasteiger charge is -2.20. The highest BCUT2D eigenvalue weighted by molar-refractivity contribution is 5.83. The van der Waals surface area contributed by atoms with Gasteiger partial charge in [0.05, 0.1) is 5.56 Å². The third-order valence-corrected chi connectivity index (χ3v) is 4.61. The van der Waals surface area contributed by atoms with E-state index >= 15 is 0 Å². The molecule has 154 valence electrons. The first kappa shape index (κ1) is 22.4. The summed E-state index contributed by atoms with van der Waals surface area (Å²) in [5, 5.41) is 9.85. The monoisotopic (exact) mass is 395 g/mol. The van der Waals surface area contributed by atoms with Gasteiger partial charge in [-0.15, -0.1) is 0 Å². The van der Waals surface area contributed by atoms with E-state index in [1.54, 1.807) is 6.08 Å². The van der Waals surface area contributed by atoms with Gasteiger partial charge in [-0.1, -0.05) is 19.9 Å². The van der Waals surface area contributed by atoms with Crippen LogP contribution in [0, 0.1) is 0 Å². The summed E-state index contributed by atoms with van der Waals surface area (Å²) in [5.41, 5.74) is 2.80. The van der Waals surface area contributed by atoms with Crippen LogP contribution >= 0.6 is 0 Å². The van der Waals surface area contributed by atoms with E-state index < -0.39 is 0 Å². The van der Waals surface area contributed by atoms with Crippen LogP contribution in [0.3, 0.4) is 0 Å². The lowest BCUT2D eigenvalue weighted by Crippen LogP contribution is -2.34. The largest absolute Gasteiger partial charge is 0.422 e. The van der Waals surface area contributed by atoms with E-state index in [1.807, 2.05) is 67.2 Å². The zero-order valence-corrected chi connectivity index (χ0v) is 17.8. The average molecular weight is 396 g/mol. The first-order valence-corrected chi connectivity index (χ1v) is 10.3. The van der Waals surface area contributed by atoms with Crippen molar-refractivity contribution in [2.45, 2.75) is 34.2 Å². The van der Waals surface area contributed by atoms with Crippen LogP contribution in [0.15, 0.2) is 58.0 Å². The first-order valence-electron chi connectivity index (χ1n) is 10.3. The second-order valence-electron chi connectivity index (χ2n) is 6.31. The molecule has 0 unspecified atom stereocenters. The standard InChI is InChI=1S/C22H25N2O3.C2H6/c1-3-24(4-2)20-8-7-18-15-19(22(26)27-21(18)16-20)6-5-17-9-11-23(12-10-17)13-14-25;1-2/h5-12,15-16,25H,3-4,13-14H2,1-2H3;1-2H3/q+1;. The molecule has 2 heterocycles. The van der Waals surface area contributed by atoms with E-state index in [9.17, 15) is 4.79 Å². The van der Waals surface area contributed by atoms with Gasteiger partial charge in [-0.2, -0.15) is 0 Å². The van der Waals surface area contributed by atoms with Crippen LogP contribution in [0.2, 0.25) is 0 Å². The van der Waals surface area contributed by atoms with Crippen molar-refractivity contribution in [1.29, 1.82) is 0 Å². The van der Waals surface area contributed by atoms with Gasteiger partial charge in [0, 0.05) is 42.4 Å². The summed E-state index contributed by atoms with van der Waals surface area (Å²) < 4.78 is 7.44. The van der Waals surface area contributed by atoms with Gasteiger partial charge in [0.2, 0.25) is 0 Å². The lowest BCUT2D eigenvalue weighted by molar-refractivity contribution is -0.698. The molecule has 0 aliphatic heterocycles. The summed E-state index contributed by atoms with van der Waals surface area (Å²) in [6.07, 6.45) is 7.45. The molecule has 3 aromatic rings. The highest BCUT2D eigenvalue weighted by Gasteiger charge is 2.07. The molecule has 2 aromatic heterocycles. The number of rotatable bonds is 7. The van der Waals surface area contributed by atoms with Crippen molar-refractivity contribution >= 4 is 28.8 Å². The van der Waals surface area contributed by atoms with E-state index in [0.717, 1.165) is 29.7 Å². The lowest BCUT2D eigenvalue weighted by atomic mass is 10.1. The number of benzene rings is 1. The third kappa shape index (κ3) is 5.78. The molecule has 0 fully saturated rings. The number of anilines is 1. The Morgan fingerprint density at radius 1 is 1.03 bits per heavy atom. The first-order chi connectivity index (χ1) is 14.1. The van der Waals surface area contributed by atoms with Gasteiger partial charge in [0.25, 0.3) is 0 Å². The molecule has 3 rings (SSSR count). The van der Waals surface area contributed by atoms with Crippen molar-refractivity contribution in [1.82, 2.24) is 0 Å². The molecule has 5 nitrogen and oxygen atoms in total. The van der Waals surface area contributed by atoms with E-state index in [2.05, 4.69) is 24.8 Å². The maximum atomic E-state index is 12.4. The number of hydrogen-bond acceptors (Lipinski definition) is 4. The second-order valence-corrected chi connectivity index (χ2v) is 6.31. The second kappa shape index (κ2) is 11.2. The van der Waals surface area contributed by atoms with Gasteiger partial charge in [-0.05, 0) is 43.7 Å². The summed E-state index contributed by atoms with van der Waals surface area (Å²) in [6, 6.07) is 11.7. The van der Waals surface area contributed by atoms with E-state index in [0.29, 0.717) is 17.7 Å². The predicted octanol–water partition coefficient (Wildman–Crippen LogP) is 4.12. The van der Waals surface area contributed by atoms with Crippen molar-refractivity contribution in [3.05, 3.63) is 70.3 Å². The molecule has 0 atom stereocenters. The Morgan fingerprint density at radius 2 is 1.72 bits per heavy atom. The summed E-state index contributed by atoms with van der Waals surface area (Å²) in [7, 11) is 0. The van der Waals surface area contributed by atoms with Gasteiger partial charge in [-0.3, -0.25) is 0 Å². The van der Waals surface area contributed by atoms with Crippen molar-refractivity contribution in [3.8, 4) is 0 Å². The number of hydrogen-bond donors (Lipinski definition) is 1. The Kier molecular flexibility index (Phi) is 8.62. The highest BCUT2D eigenvalue weighted by atomic mass is 16.4. The molecule has 0 spiro atoms.